The molecule has 2 aromatic carbocycles. The number of nitrogens with zero attached hydrogens (tertiary/aromatic N) is 3. The third kappa shape index (κ3) is 5.05. The highest BCUT2D eigenvalue weighted by Crippen LogP contribution is 2.25. The molecule has 1 N–H and O–H groups in total. The van der Waals surface area contributed by atoms with Crippen molar-refractivity contribution in [1.29, 1.82) is 0 Å². The Kier molecular flexibility index (Phi) is 6.66. The molecular weight excluding hydrogens is 428 g/mol. The first-order valence-electron chi connectivity index (χ1n) is 10.7. The number of carbonyl (C=O) groups is 1. The molecule has 1 fully saturated rings. The molecule has 0 aliphatic carbocycles. The van der Waals surface area contributed by atoms with Crippen molar-refractivity contribution in [3.63, 3.8) is 0 Å². The quantitative estimate of drug-likeness (QED) is 0.588. The van der Waals surface area contributed by atoms with E-state index in [1.165, 1.54) is 4.31 Å². The van der Waals surface area contributed by atoms with Gasteiger partial charge in [0, 0.05) is 25.2 Å². The van der Waals surface area contributed by atoms with Gasteiger partial charge in [-0.25, -0.2) is 8.42 Å². The van der Waals surface area contributed by atoms with Crippen molar-refractivity contribution < 1.29 is 17.7 Å². The molecule has 168 valence electrons. The number of hydrogen-bond acceptors (Lipinski definition) is 6. The van der Waals surface area contributed by atoms with Gasteiger partial charge in [0.05, 0.1) is 4.90 Å². The van der Waals surface area contributed by atoms with E-state index in [0.29, 0.717) is 37.5 Å². The zero-order valence-corrected chi connectivity index (χ0v) is 18.7. The van der Waals surface area contributed by atoms with Gasteiger partial charge in [-0.2, -0.15) is 9.29 Å². The standard InChI is InChI=1S/C23H26N4O4S/c1-17-12-15-27(16-13-17)32(29,30)20-9-7-19(8-10-20)21-25-23(31-26-21)22(28)24-14-11-18-5-3-2-4-6-18/h2-10,17H,11-16H2,1H3,(H,24,28). The molecule has 1 amide bonds. The van der Waals surface area contributed by atoms with Crippen molar-refractivity contribution in [3.8, 4) is 11.4 Å². The number of benzene rings is 2. The fourth-order valence-corrected chi connectivity index (χ4v) is 5.09. The van der Waals surface area contributed by atoms with Gasteiger partial charge in [-0.3, -0.25) is 4.79 Å². The van der Waals surface area contributed by atoms with Crippen LogP contribution in [-0.2, 0) is 16.4 Å². The topological polar surface area (TPSA) is 105 Å². The number of nitrogens with one attached hydrogen (secondary N) is 1. The maximum Gasteiger partial charge on any atom is 0.316 e. The molecule has 3 aromatic rings. The summed E-state index contributed by atoms with van der Waals surface area (Å²) in [4.78, 5) is 16.7. The third-order valence-electron chi connectivity index (χ3n) is 5.66. The summed E-state index contributed by atoms with van der Waals surface area (Å²) in [5.41, 5.74) is 1.69. The summed E-state index contributed by atoms with van der Waals surface area (Å²) in [6.07, 6.45) is 2.44. The smallest absolute Gasteiger partial charge is 0.316 e. The average molecular weight is 455 g/mol. The molecule has 8 nitrogen and oxygen atoms in total. The number of carbonyl (C=O) groups excluding carboxylic acids is 1. The minimum Gasteiger partial charge on any atom is -0.347 e. The average Bonchev–Trinajstić information content (AvgIpc) is 3.31. The molecule has 0 unspecified atom stereocenters. The summed E-state index contributed by atoms with van der Waals surface area (Å²) in [5, 5.41) is 6.62. The van der Waals surface area contributed by atoms with Gasteiger partial charge in [-0.1, -0.05) is 42.4 Å². The van der Waals surface area contributed by atoms with Gasteiger partial charge >= 0.3 is 11.8 Å². The Bertz CT molecular complexity index is 1150. The highest BCUT2D eigenvalue weighted by molar-refractivity contribution is 7.89. The summed E-state index contributed by atoms with van der Waals surface area (Å²) in [6.45, 7) is 3.67. The lowest BCUT2D eigenvalue weighted by molar-refractivity contribution is 0.0910. The molecule has 9 heteroatoms. The van der Waals surface area contributed by atoms with E-state index in [4.69, 9.17) is 4.52 Å². The first-order chi connectivity index (χ1) is 15.4. The maximum absolute atomic E-state index is 12.9. The van der Waals surface area contributed by atoms with Gasteiger partial charge in [0.1, 0.15) is 0 Å². The molecule has 32 heavy (non-hydrogen) atoms. The Labute approximate surface area is 187 Å². The Morgan fingerprint density at radius 2 is 1.78 bits per heavy atom. The van der Waals surface area contributed by atoms with Crippen molar-refractivity contribution >= 4 is 15.9 Å². The van der Waals surface area contributed by atoms with Crippen LogP contribution < -0.4 is 5.32 Å². The second-order valence-electron chi connectivity index (χ2n) is 8.03. The van der Waals surface area contributed by atoms with Crippen LogP contribution in [0.2, 0.25) is 0 Å². The normalized spacial score (nSPS) is 15.5. The van der Waals surface area contributed by atoms with Crippen molar-refractivity contribution in [2.24, 2.45) is 5.92 Å². The minimum absolute atomic E-state index is 0.132. The Hall–Kier alpha value is -3.04. The fraction of sp³-hybridized carbons (Fsp3) is 0.348. The first kappa shape index (κ1) is 22.2. The van der Waals surface area contributed by atoms with E-state index in [0.717, 1.165) is 18.4 Å². The summed E-state index contributed by atoms with van der Waals surface area (Å²) in [5.74, 6) is 0.200. The Balaban J connectivity index is 1.38. The molecule has 0 atom stereocenters. The number of amides is 1. The van der Waals surface area contributed by atoms with Crippen molar-refractivity contribution in [2.45, 2.75) is 31.1 Å². The lowest BCUT2D eigenvalue weighted by Crippen LogP contribution is -2.37. The van der Waals surface area contributed by atoms with Crippen LogP contribution >= 0.6 is 0 Å². The highest BCUT2D eigenvalue weighted by Gasteiger charge is 2.28. The second-order valence-corrected chi connectivity index (χ2v) is 9.96. The summed E-state index contributed by atoms with van der Waals surface area (Å²) in [7, 11) is -3.52. The molecule has 0 saturated carbocycles. The van der Waals surface area contributed by atoms with Crippen LogP contribution in [0, 0.1) is 5.92 Å². The molecule has 1 aliphatic rings. The van der Waals surface area contributed by atoms with Crippen LogP contribution in [0.3, 0.4) is 0 Å². The summed E-state index contributed by atoms with van der Waals surface area (Å²) in [6, 6.07) is 16.2. The zero-order chi connectivity index (χ0) is 22.6. The minimum atomic E-state index is -3.52. The van der Waals surface area contributed by atoms with E-state index in [1.807, 2.05) is 30.3 Å². The Morgan fingerprint density at radius 1 is 1.09 bits per heavy atom. The van der Waals surface area contributed by atoms with Crippen molar-refractivity contribution in [1.82, 2.24) is 19.8 Å². The van der Waals surface area contributed by atoms with E-state index in [9.17, 15) is 13.2 Å². The lowest BCUT2D eigenvalue weighted by Gasteiger charge is -2.29. The summed E-state index contributed by atoms with van der Waals surface area (Å²) < 4.78 is 32.3. The highest BCUT2D eigenvalue weighted by atomic mass is 32.2. The molecule has 1 saturated heterocycles. The number of sulfonamides is 1. The van der Waals surface area contributed by atoms with Crippen LogP contribution in [-0.4, -0.2) is 48.4 Å². The molecule has 0 spiro atoms. The van der Waals surface area contributed by atoms with Gasteiger partial charge in [-0.05, 0) is 55.0 Å². The third-order valence-corrected chi connectivity index (χ3v) is 7.57. The van der Waals surface area contributed by atoms with Gasteiger partial charge in [0.25, 0.3) is 0 Å². The molecule has 1 aliphatic heterocycles. The van der Waals surface area contributed by atoms with E-state index in [1.54, 1.807) is 24.3 Å². The van der Waals surface area contributed by atoms with Crippen LogP contribution in [0.4, 0.5) is 0 Å². The first-order valence-corrected chi connectivity index (χ1v) is 12.1. The van der Waals surface area contributed by atoms with Crippen molar-refractivity contribution in [3.05, 3.63) is 66.1 Å². The maximum atomic E-state index is 12.9. The van der Waals surface area contributed by atoms with Crippen LogP contribution in [0.25, 0.3) is 11.4 Å². The molecular formula is C23H26N4O4S. The molecule has 0 bridgehead atoms. The number of aromatic nitrogens is 2. The molecule has 1 aromatic heterocycles. The predicted octanol–water partition coefficient (Wildman–Crippen LogP) is 3.13. The van der Waals surface area contributed by atoms with E-state index in [-0.39, 0.29) is 16.6 Å². The predicted molar refractivity (Wildman–Crippen MR) is 119 cm³/mol. The number of rotatable bonds is 7. The monoisotopic (exact) mass is 454 g/mol. The van der Waals surface area contributed by atoms with Gasteiger partial charge in [-0.15, -0.1) is 0 Å². The summed E-state index contributed by atoms with van der Waals surface area (Å²) >= 11 is 0. The van der Waals surface area contributed by atoms with Crippen LogP contribution in [0.1, 0.15) is 36.0 Å². The SMILES string of the molecule is CC1CCN(S(=O)(=O)c2ccc(-c3noc(C(=O)NCCc4ccccc4)n3)cc2)CC1. The lowest BCUT2D eigenvalue weighted by atomic mass is 10.0. The molecule has 4 rings (SSSR count). The van der Waals surface area contributed by atoms with Gasteiger partial charge < -0.3 is 9.84 Å². The molecule has 2 heterocycles. The second kappa shape index (κ2) is 9.62. The largest absolute Gasteiger partial charge is 0.347 e. The zero-order valence-electron chi connectivity index (χ0n) is 17.9. The van der Waals surface area contributed by atoms with E-state index < -0.39 is 15.9 Å². The van der Waals surface area contributed by atoms with Gasteiger partial charge in [0.15, 0.2) is 0 Å². The number of piperidine rings is 1. The van der Waals surface area contributed by atoms with E-state index in [2.05, 4.69) is 22.4 Å². The van der Waals surface area contributed by atoms with Crippen molar-refractivity contribution in [2.75, 3.05) is 19.6 Å². The van der Waals surface area contributed by atoms with Gasteiger partial charge in [0.2, 0.25) is 15.8 Å². The van der Waals surface area contributed by atoms with E-state index >= 15 is 0 Å². The van der Waals surface area contributed by atoms with Crippen LogP contribution in [0.15, 0.2) is 64.0 Å². The Morgan fingerprint density at radius 3 is 2.47 bits per heavy atom. The van der Waals surface area contributed by atoms with Crippen LogP contribution in [0.5, 0.6) is 0 Å². The molecule has 0 radical (unpaired) electrons. The fourth-order valence-electron chi connectivity index (χ4n) is 3.62. The number of hydrogen-bond donors (Lipinski definition) is 1.